The van der Waals surface area contributed by atoms with Crippen molar-refractivity contribution in [2.45, 2.75) is 26.8 Å². The van der Waals surface area contributed by atoms with Gasteiger partial charge in [0.2, 0.25) is 5.91 Å². The monoisotopic (exact) mass is 328 g/mol. The maximum Gasteiger partial charge on any atom is 0.261 e. The highest BCUT2D eigenvalue weighted by Gasteiger charge is 2.09. The number of para-hydroxylation sites is 1. The molecule has 0 bridgehead atoms. The molecule has 7 heteroatoms. The van der Waals surface area contributed by atoms with Crippen molar-refractivity contribution < 1.29 is 4.79 Å². The Bertz CT molecular complexity index is 929. The fourth-order valence-corrected chi connectivity index (χ4v) is 3.02. The van der Waals surface area contributed by atoms with Crippen LogP contribution < -0.4 is 10.9 Å². The van der Waals surface area contributed by atoms with E-state index in [1.165, 1.54) is 22.2 Å². The van der Waals surface area contributed by atoms with Gasteiger partial charge in [0.15, 0.2) is 5.13 Å². The van der Waals surface area contributed by atoms with Crippen molar-refractivity contribution in [1.29, 1.82) is 0 Å². The van der Waals surface area contributed by atoms with Crippen LogP contribution in [0.15, 0.2) is 34.7 Å². The summed E-state index contributed by atoms with van der Waals surface area (Å²) in [7, 11) is 0. The van der Waals surface area contributed by atoms with Gasteiger partial charge in [0, 0.05) is 18.3 Å². The van der Waals surface area contributed by atoms with Crippen molar-refractivity contribution >= 4 is 33.3 Å². The lowest BCUT2D eigenvalue weighted by atomic mass is 10.1. The van der Waals surface area contributed by atoms with Crippen LogP contribution >= 0.6 is 11.3 Å². The molecule has 23 heavy (non-hydrogen) atoms. The third-order valence-electron chi connectivity index (χ3n) is 3.50. The first-order valence-corrected chi connectivity index (χ1v) is 8.09. The van der Waals surface area contributed by atoms with Crippen LogP contribution in [0.3, 0.4) is 0 Å². The van der Waals surface area contributed by atoms with Crippen LogP contribution in [0.2, 0.25) is 0 Å². The molecule has 2 heterocycles. The smallest absolute Gasteiger partial charge is 0.261 e. The van der Waals surface area contributed by atoms with E-state index in [0.29, 0.717) is 16.0 Å². The number of benzene rings is 1. The molecule has 1 aromatic carbocycles. The fourth-order valence-electron chi connectivity index (χ4n) is 2.31. The number of thiazole rings is 1. The number of aromatic nitrogens is 3. The highest BCUT2D eigenvalue weighted by atomic mass is 32.1. The summed E-state index contributed by atoms with van der Waals surface area (Å²) in [6.45, 7) is 4.07. The molecule has 0 radical (unpaired) electrons. The predicted molar refractivity (Wildman–Crippen MR) is 90.8 cm³/mol. The SMILES string of the molecule is Cc1csc(NC(=O)CCn2cnc3c(C)cccc3c2=O)n1. The topological polar surface area (TPSA) is 76.9 Å². The summed E-state index contributed by atoms with van der Waals surface area (Å²) >= 11 is 1.38. The van der Waals surface area contributed by atoms with Crippen LogP contribution in [-0.4, -0.2) is 20.4 Å². The minimum Gasteiger partial charge on any atom is -0.302 e. The van der Waals surface area contributed by atoms with Crippen molar-refractivity contribution in [3.63, 3.8) is 0 Å². The normalized spacial score (nSPS) is 10.9. The number of hydrogen-bond acceptors (Lipinski definition) is 5. The van der Waals surface area contributed by atoms with Crippen LogP contribution in [-0.2, 0) is 11.3 Å². The van der Waals surface area contributed by atoms with Crippen LogP contribution in [0.1, 0.15) is 17.7 Å². The van der Waals surface area contributed by atoms with Gasteiger partial charge in [-0.15, -0.1) is 11.3 Å². The standard InChI is InChI=1S/C16H16N4O2S/c1-10-4-3-5-12-14(10)17-9-20(15(12)22)7-6-13(21)19-16-18-11(2)8-23-16/h3-5,8-9H,6-7H2,1-2H3,(H,18,19,21). The number of aryl methyl sites for hydroxylation is 3. The molecule has 0 unspecified atom stereocenters. The second kappa shape index (κ2) is 6.29. The van der Waals surface area contributed by atoms with E-state index in [9.17, 15) is 9.59 Å². The Balaban J connectivity index is 1.73. The number of carbonyl (C=O) groups excluding carboxylic acids is 1. The van der Waals surface area contributed by atoms with E-state index in [1.807, 2.05) is 31.4 Å². The lowest BCUT2D eigenvalue weighted by Gasteiger charge is -2.07. The maximum atomic E-state index is 12.4. The first-order chi connectivity index (χ1) is 11.0. The average Bonchev–Trinajstić information content (AvgIpc) is 2.92. The molecule has 2 aromatic heterocycles. The largest absolute Gasteiger partial charge is 0.302 e. The first-order valence-electron chi connectivity index (χ1n) is 7.21. The van der Waals surface area contributed by atoms with E-state index in [4.69, 9.17) is 0 Å². The van der Waals surface area contributed by atoms with Crippen molar-refractivity contribution in [3.05, 3.63) is 51.5 Å². The second-order valence-corrected chi connectivity index (χ2v) is 6.16. The Morgan fingerprint density at radius 3 is 2.91 bits per heavy atom. The molecular weight excluding hydrogens is 312 g/mol. The number of nitrogens with zero attached hydrogens (tertiary/aromatic N) is 3. The molecule has 0 aliphatic carbocycles. The van der Waals surface area contributed by atoms with E-state index in [1.54, 1.807) is 6.07 Å². The molecule has 6 nitrogen and oxygen atoms in total. The summed E-state index contributed by atoms with van der Waals surface area (Å²) in [4.78, 5) is 32.9. The Hall–Kier alpha value is -2.54. The predicted octanol–water partition coefficient (Wildman–Crippen LogP) is 2.50. The molecule has 0 saturated carbocycles. The van der Waals surface area contributed by atoms with Crippen LogP contribution in [0.4, 0.5) is 5.13 Å². The number of anilines is 1. The number of amides is 1. The van der Waals surface area contributed by atoms with Gasteiger partial charge in [-0.05, 0) is 25.5 Å². The maximum absolute atomic E-state index is 12.4. The molecule has 0 fully saturated rings. The quantitative estimate of drug-likeness (QED) is 0.798. The van der Waals surface area contributed by atoms with Gasteiger partial charge in [-0.25, -0.2) is 9.97 Å². The van der Waals surface area contributed by atoms with Crippen LogP contribution in [0.5, 0.6) is 0 Å². The molecular formula is C16H16N4O2S. The molecule has 0 spiro atoms. The zero-order valence-corrected chi connectivity index (χ0v) is 13.7. The van der Waals surface area contributed by atoms with E-state index >= 15 is 0 Å². The highest BCUT2D eigenvalue weighted by Crippen LogP contribution is 2.15. The number of hydrogen-bond donors (Lipinski definition) is 1. The van der Waals surface area contributed by atoms with Gasteiger partial charge in [0.1, 0.15) is 0 Å². The molecule has 3 rings (SSSR count). The van der Waals surface area contributed by atoms with E-state index in [2.05, 4.69) is 15.3 Å². The third kappa shape index (κ3) is 3.29. The van der Waals surface area contributed by atoms with Crippen molar-refractivity contribution in [3.8, 4) is 0 Å². The summed E-state index contributed by atoms with van der Waals surface area (Å²) in [5.41, 5.74) is 2.41. The van der Waals surface area contributed by atoms with E-state index < -0.39 is 0 Å². The number of nitrogens with one attached hydrogen (secondary N) is 1. The van der Waals surface area contributed by atoms with Crippen molar-refractivity contribution in [1.82, 2.24) is 14.5 Å². The minimum atomic E-state index is -0.171. The molecule has 118 valence electrons. The minimum absolute atomic E-state index is 0.128. The van der Waals surface area contributed by atoms with Gasteiger partial charge in [-0.1, -0.05) is 12.1 Å². The van der Waals surface area contributed by atoms with Gasteiger partial charge < -0.3 is 5.32 Å². The summed E-state index contributed by atoms with van der Waals surface area (Å²) < 4.78 is 1.47. The third-order valence-corrected chi connectivity index (χ3v) is 4.38. The zero-order chi connectivity index (χ0) is 16.4. The summed E-state index contributed by atoms with van der Waals surface area (Å²) in [6, 6.07) is 5.51. The summed E-state index contributed by atoms with van der Waals surface area (Å²) in [6.07, 6.45) is 1.69. The lowest BCUT2D eigenvalue weighted by Crippen LogP contribution is -2.23. The number of rotatable bonds is 4. The van der Waals surface area contributed by atoms with Crippen molar-refractivity contribution in [2.75, 3.05) is 5.32 Å². The molecule has 0 aliphatic heterocycles. The Kier molecular flexibility index (Phi) is 4.20. The molecule has 1 N–H and O–H groups in total. The van der Waals surface area contributed by atoms with Gasteiger partial charge in [0.25, 0.3) is 5.56 Å². The van der Waals surface area contributed by atoms with Gasteiger partial charge in [0.05, 0.1) is 22.9 Å². The number of fused-ring (bicyclic) bond motifs is 1. The molecule has 1 amide bonds. The van der Waals surface area contributed by atoms with Crippen LogP contribution in [0.25, 0.3) is 10.9 Å². The fraction of sp³-hybridized carbons (Fsp3) is 0.250. The van der Waals surface area contributed by atoms with Gasteiger partial charge in [-0.2, -0.15) is 0 Å². The Morgan fingerprint density at radius 2 is 2.17 bits per heavy atom. The summed E-state index contributed by atoms with van der Waals surface area (Å²) in [5, 5.41) is 5.75. The molecule has 0 atom stereocenters. The first kappa shape index (κ1) is 15.4. The van der Waals surface area contributed by atoms with E-state index in [-0.39, 0.29) is 24.4 Å². The average molecular weight is 328 g/mol. The van der Waals surface area contributed by atoms with Gasteiger partial charge >= 0.3 is 0 Å². The molecule has 0 aliphatic rings. The molecule has 3 aromatic rings. The summed E-state index contributed by atoms with van der Waals surface area (Å²) in [5.74, 6) is -0.171. The van der Waals surface area contributed by atoms with E-state index in [0.717, 1.165) is 11.3 Å². The van der Waals surface area contributed by atoms with Gasteiger partial charge in [-0.3, -0.25) is 14.2 Å². The van der Waals surface area contributed by atoms with Crippen molar-refractivity contribution in [2.24, 2.45) is 0 Å². The Morgan fingerprint density at radius 1 is 1.35 bits per heavy atom. The van der Waals surface area contributed by atoms with Crippen LogP contribution in [0, 0.1) is 13.8 Å². The highest BCUT2D eigenvalue weighted by molar-refractivity contribution is 7.13. The number of carbonyl (C=O) groups is 1. The Labute approximate surface area is 136 Å². The second-order valence-electron chi connectivity index (χ2n) is 5.31. The lowest BCUT2D eigenvalue weighted by molar-refractivity contribution is -0.116. The molecule has 0 saturated heterocycles. The zero-order valence-electron chi connectivity index (χ0n) is 12.9.